The molecule has 0 radical (unpaired) electrons. The fourth-order valence-corrected chi connectivity index (χ4v) is 3.65. The van der Waals surface area contributed by atoms with Gasteiger partial charge in [0.05, 0.1) is 6.10 Å². The quantitative estimate of drug-likeness (QED) is 0.929. The highest BCUT2D eigenvalue weighted by molar-refractivity contribution is 5.61. The number of ether oxygens (including phenoxy) is 1. The van der Waals surface area contributed by atoms with Gasteiger partial charge in [-0.05, 0) is 38.8 Å². The van der Waals surface area contributed by atoms with Crippen LogP contribution in [-0.2, 0) is 6.42 Å². The lowest BCUT2D eigenvalue weighted by Gasteiger charge is -2.37. The highest BCUT2D eigenvalue weighted by atomic mass is 16.5. The third-order valence-electron chi connectivity index (χ3n) is 4.62. The molecule has 1 fully saturated rings. The van der Waals surface area contributed by atoms with Crippen molar-refractivity contribution in [1.82, 2.24) is 4.90 Å². The van der Waals surface area contributed by atoms with Gasteiger partial charge in [-0.1, -0.05) is 6.07 Å². The molecule has 0 aliphatic carbocycles. The number of piperazine rings is 1. The molecule has 2 aliphatic rings. The lowest BCUT2D eigenvalue weighted by atomic mass is 9.99. The van der Waals surface area contributed by atoms with Gasteiger partial charge >= 0.3 is 0 Å². The van der Waals surface area contributed by atoms with E-state index in [1.807, 2.05) is 6.92 Å². The number of hydrogen-bond donors (Lipinski definition) is 1. The van der Waals surface area contributed by atoms with E-state index in [9.17, 15) is 5.11 Å². The number of aliphatic hydroxyl groups excluding tert-OH is 1. The average Bonchev–Trinajstić information content (AvgIpc) is 2.71. The molecule has 22 heavy (non-hydrogen) atoms. The molecule has 4 heteroatoms. The number of aryl methyl sites for hydroxylation is 1. The number of anilines is 1. The lowest BCUT2D eigenvalue weighted by Crippen LogP contribution is -2.48. The third kappa shape index (κ3) is 3.23. The standard InChI is InChI=1S/C18H28N2O2/c1-13-9-15-11-18(3,4)22-17(15)10-16(13)20-7-5-19(6-8-20)12-14(2)21/h9-10,14,21H,5-8,11-12H2,1-4H3. The number of β-amino-alcohol motifs (C(OH)–C–C–N with tert-alkyl or cyclic N) is 1. The van der Waals surface area contributed by atoms with Crippen LogP contribution in [-0.4, -0.2) is 54.4 Å². The first-order valence-electron chi connectivity index (χ1n) is 8.32. The van der Waals surface area contributed by atoms with E-state index in [1.54, 1.807) is 0 Å². The molecule has 2 aliphatic heterocycles. The number of hydrogen-bond acceptors (Lipinski definition) is 4. The summed E-state index contributed by atoms with van der Waals surface area (Å²) < 4.78 is 6.08. The van der Waals surface area contributed by atoms with Crippen molar-refractivity contribution in [3.8, 4) is 5.75 Å². The Kier molecular flexibility index (Phi) is 4.08. The van der Waals surface area contributed by atoms with Crippen molar-refractivity contribution in [1.29, 1.82) is 0 Å². The van der Waals surface area contributed by atoms with E-state index in [4.69, 9.17) is 4.74 Å². The first kappa shape index (κ1) is 15.6. The van der Waals surface area contributed by atoms with Crippen molar-refractivity contribution in [2.24, 2.45) is 0 Å². The van der Waals surface area contributed by atoms with Gasteiger partial charge in [-0.15, -0.1) is 0 Å². The molecule has 122 valence electrons. The minimum Gasteiger partial charge on any atom is -0.487 e. The Morgan fingerprint density at radius 3 is 2.55 bits per heavy atom. The molecular weight excluding hydrogens is 276 g/mol. The Bertz CT molecular complexity index is 546. The maximum absolute atomic E-state index is 9.51. The molecule has 0 aromatic heterocycles. The average molecular weight is 304 g/mol. The summed E-state index contributed by atoms with van der Waals surface area (Å²) in [5, 5.41) is 9.51. The zero-order valence-corrected chi connectivity index (χ0v) is 14.2. The van der Waals surface area contributed by atoms with Gasteiger partial charge in [0.25, 0.3) is 0 Å². The molecular formula is C18H28N2O2. The van der Waals surface area contributed by atoms with Gasteiger partial charge < -0.3 is 14.7 Å². The van der Waals surface area contributed by atoms with Crippen LogP contribution in [0.5, 0.6) is 5.75 Å². The number of benzene rings is 1. The van der Waals surface area contributed by atoms with Gasteiger partial charge in [-0.25, -0.2) is 0 Å². The Hall–Kier alpha value is -1.26. The molecule has 1 aromatic rings. The highest BCUT2D eigenvalue weighted by Crippen LogP contribution is 2.39. The molecule has 0 bridgehead atoms. The molecule has 1 aromatic carbocycles. The molecule has 2 heterocycles. The van der Waals surface area contributed by atoms with Gasteiger partial charge in [0, 0.05) is 50.9 Å². The van der Waals surface area contributed by atoms with Crippen LogP contribution in [0, 0.1) is 6.92 Å². The highest BCUT2D eigenvalue weighted by Gasteiger charge is 2.31. The van der Waals surface area contributed by atoms with E-state index in [1.165, 1.54) is 16.8 Å². The van der Waals surface area contributed by atoms with Crippen LogP contribution in [0.3, 0.4) is 0 Å². The Labute approximate surface area is 133 Å². The third-order valence-corrected chi connectivity index (χ3v) is 4.62. The lowest BCUT2D eigenvalue weighted by molar-refractivity contribution is 0.122. The van der Waals surface area contributed by atoms with Crippen LogP contribution in [0.4, 0.5) is 5.69 Å². The first-order valence-corrected chi connectivity index (χ1v) is 8.32. The number of nitrogens with zero attached hydrogens (tertiary/aromatic N) is 2. The van der Waals surface area contributed by atoms with E-state index in [0.717, 1.165) is 44.9 Å². The molecule has 4 nitrogen and oxygen atoms in total. The van der Waals surface area contributed by atoms with Gasteiger partial charge in [0.2, 0.25) is 0 Å². The van der Waals surface area contributed by atoms with Gasteiger partial charge in [0.1, 0.15) is 11.4 Å². The van der Waals surface area contributed by atoms with E-state index in [0.29, 0.717) is 0 Å². The van der Waals surface area contributed by atoms with Crippen LogP contribution in [0.1, 0.15) is 31.9 Å². The van der Waals surface area contributed by atoms with E-state index >= 15 is 0 Å². The maximum atomic E-state index is 9.51. The van der Waals surface area contributed by atoms with E-state index < -0.39 is 0 Å². The minimum absolute atomic E-state index is 0.0800. The van der Waals surface area contributed by atoms with Crippen LogP contribution in [0.25, 0.3) is 0 Å². The summed E-state index contributed by atoms with van der Waals surface area (Å²) in [6.45, 7) is 13.2. The Balaban J connectivity index is 1.72. The molecule has 1 saturated heterocycles. The van der Waals surface area contributed by atoms with Gasteiger partial charge in [-0.3, -0.25) is 4.90 Å². The second kappa shape index (κ2) is 5.74. The van der Waals surface area contributed by atoms with Crippen molar-refractivity contribution < 1.29 is 9.84 Å². The molecule has 1 N–H and O–H groups in total. The van der Waals surface area contributed by atoms with Gasteiger partial charge in [-0.2, -0.15) is 0 Å². The summed E-state index contributed by atoms with van der Waals surface area (Å²) in [6, 6.07) is 4.52. The van der Waals surface area contributed by atoms with E-state index in [2.05, 4.69) is 42.7 Å². The maximum Gasteiger partial charge on any atom is 0.125 e. The van der Waals surface area contributed by atoms with Crippen molar-refractivity contribution in [3.63, 3.8) is 0 Å². The largest absolute Gasteiger partial charge is 0.487 e. The Morgan fingerprint density at radius 2 is 1.91 bits per heavy atom. The van der Waals surface area contributed by atoms with Gasteiger partial charge in [0.15, 0.2) is 0 Å². The summed E-state index contributed by atoms with van der Waals surface area (Å²) in [4.78, 5) is 4.78. The van der Waals surface area contributed by atoms with Crippen molar-refractivity contribution >= 4 is 5.69 Å². The second-order valence-electron chi connectivity index (χ2n) is 7.42. The predicted molar refractivity (Wildman–Crippen MR) is 89.9 cm³/mol. The number of rotatable bonds is 3. The zero-order chi connectivity index (χ0) is 15.9. The summed E-state index contributed by atoms with van der Waals surface area (Å²) in [6.07, 6.45) is 0.745. The predicted octanol–water partition coefficient (Wildman–Crippen LogP) is 2.21. The monoisotopic (exact) mass is 304 g/mol. The minimum atomic E-state index is -0.246. The molecule has 1 atom stereocenters. The summed E-state index contributed by atoms with van der Waals surface area (Å²) in [5.74, 6) is 1.05. The number of aliphatic hydroxyl groups is 1. The zero-order valence-electron chi connectivity index (χ0n) is 14.2. The van der Waals surface area contributed by atoms with Crippen LogP contribution in [0.2, 0.25) is 0 Å². The van der Waals surface area contributed by atoms with E-state index in [-0.39, 0.29) is 11.7 Å². The van der Waals surface area contributed by atoms with Crippen LogP contribution < -0.4 is 9.64 Å². The number of fused-ring (bicyclic) bond motifs is 1. The SMILES string of the molecule is Cc1cc2c(cc1N1CCN(CC(C)O)CC1)OC(C)(C)C2. The summed E-state index contributed by atoms with van der Waals surface area (Å²) in [7, 11) is 0. The molecule has 0 saturated carbocycles. The molecule has 0 spiro atoms. The van der Waals surface area contributed by atoms with Crippen molar-refractivity contribution in [2.75, 3.05) is 37.6 Å². The molecule has 3 rings (SSSR count). The fraction of sp³-hybridized carbons (Fsp3) is 0.667. The summed E-state index contributed by atoms with van der Waals surface area (Å²) in [5.41, 5.74) is 3.89. The fourth-order valence-electron chi connectivity index (χ4n) is 3.65. The second-order valence-corrected chi connectivity index (χ2v) is 7.42. The molecule has 1 unspecified atom stereocenters. The van der Waals surface area contributed by atoms with Crippen molar-refractivity contribution in [3.05, 3.63) is 23.3 Å². The molecule has 0 amide bonds. The Morgan fingerprint density at radius 1 is 1.23 bits per heavy atom. The summed E-state index contributed by atoms with van der Waals surface area (Å²) >= 11 is 0. The topological polar surface area (TPSA) is 35.9 Å². The van der Waals surface area contributed by atoms with Crippen LogP contribution in [0.15, 0.2) is 12.1 Å². The smallest absolute Gasteiger partial charge is 0.125 e. The first-order chi connectivity index (χ1) is 10.3. The van der Waals surface area contributed by atoms with Crippen LogP contribution >= 0.6 is 0 Å². The van der Waals surface area contributed by atoms with Crippen molar-refractivity contribution in [2.45, 2.75) is 45.8 Å². The normalized spacial score (nSPS) is 22.3.